The van der Waals surface area contributed by atoms with Crippen molar-refractivity contribution in [3.63, 3.8) is 0 Å². The van der Waals surface area contributed by atoms with Crippen molar-refractivity contribution in [1.82, 2.24) is 5.01 Å². The molecule has 1 amide bonds. The Morgan fingerprint density at radius 2 is 1.85 bits per heavy atom. The second kappa shape index (κ2) is 6.01. The Morgan fingerprint density at radius 1 is 1.15 bits per heavy atom. The van der Waals surface area contributed by atoms with Crippen LogP contribution in [0.5, 0.6) is 0 Å². The Morgan fingerprint density at radius 3 is 2.50 bits per heavy atom. The molecule has 0 bridgehead atoms. The van der Waals surface area contributed by atoms with E-state index in [0.29, 0.717) is 9.23 Å². The van der Waals surface area contributed by atoms with E-state index in [1.807, 2.05) is 39.7 Å². The van der Waals surface area contributed by atoms with E-state index >= 15 is 0 Å². The predicted molar refractivity (Wildman–Crippen MR) is 91.2 cm³/mol. The van der Waals surface area contributed by atoms with Crippen molar-refractivity contribution in [3.8, 4) is 0 Å². The topological polar surface area (TPSA) is 32.7 Å². The van der Waals surface area contributed by atoms with Gasteiger partial charge in [-0.25, -0.2) is 0 Å². The Balaban J connectivity index is 1.80. The first-order chi connectivity index (χ1) is 9.74. The third-order valence-electron chi connectivity index (χ3n) is 2.48. The summed E-state index contributed by atoms with van der Waals surface area (Å²) in [6, 6.07) is 3.90. The Bertz CT molecular complexity index is 686. The largest absolute Gasteiger partial charge is 0.286 e. The van der Waals surface area contributed by atoms with Crippen LogP contribution in [-0.4, -0.2) is 21.5 Å². The number of hydrogen-bond donors (Lipinski definition) is 0. The summed E-state index contributed by atoms with van der Waals surface area (Å²) < 4.78 is 0.461. The monoisotopic (exact) mass is 336 g/mol. The molecule has 0 atom stereocenters. The van der Waals surface area contributed by atoms with Gasteiger partial charge in [-0.05, 0) is 57.5 Å². The minimum Gasteiger partial charge on any atom is -0.266 e. The zero-order valence-electron chi connectivity index (χ0n) is 10.1. The smallest absolute Gasteiger partial charge is 0.266 e. The number of amides is 1. The van der Waals surface area contributed by atoms with Crippen LogP contribution >= 0.6 is 46.7 Å². The molecular weight excluding hydrogens is 328 g/mol. The highest BCUT2D eigenvalue weighted by atomic mass is 32.2. The highest BCUT2D eigenvalue weighted by Gasteiger charge is 2.31. The highest BCUT2D eigenvalue weighted by molar-refractivity contribution is 8.26. The van der Waals surface area contributed by atoms with Crippen LogP contribution in [0.1, 0.15) is 11.1 Å². The van der Waals surface area contributed by atoms with E-state index in [1.54, 1.807) is 28.9 Å². The van der Waals surface area contributed by atoms with Crippen LogP contribution in [0.25, 0.3) is 6.08 Å². The minimum atomic E-state index is -0.169. The van der Waals surface area contributed by atoms with Gasteiger partial charge in [0.05, 0.1) is 11.1 Å². The molecule has 0 aromatic carbocycles. The highest BCUT2D eigenvalue weighted by Crippen LogP contribution is 2.33. The minimum absolute atomic E-state index is 0.169. The summed E-state index contributed by atoms with van der Waals surface area (Å²) in [5, 5.41) is 13.3. The number of hydrazone groups is 1. The Kier molecular flexibility index (Phi) is 4.11. The summed E-state index contributed by atoms with van der Waals surface area (Å²) in [7, 11) is 0. The second-order valence-electron chi connectivity index (χ2n) is 3.85. The van der Waals surface area contributed by atoms with E-state index in [9.17, 15) is 4.79 Å². The first-order valence-corrected chi connectivity index (χ1v) is 8.71. The molecule has 0 unspecified atom stereocenters. The maximum absolute atomic E-state index is 12.2. The van der Waals surface area contributed by atoms with E-state index in [0.717, 1.165) is 11.1 Å². The molecule has 7 heteroatoms. The molecule has 2 aromatic heterocycles. The second-order valence-corrected chi connectivity index (χ2v) is 7.09. The van der Waals surface area contributed by atoms with Crippen LogP contribution in [0.2, 0.25) is 0 Å². The molecule has 1 saturated heterocycles. The molecule has 3 heterocycles. The van der Waals surface area contributed by atoms with Crippen molar-refractivity contribution in [2.24, 2.45) is 5.10 Å². The van der Waals surface area contributed by atoms with Crippen LogP contribution in [0.3, 0.4) is 0 Å². The van der Waals surface area contributed by atoms with E-state index in [2.05, 4.69) is 5.10 Å². The number of thioether (sulfide) groups is 1. The first-order valence-electron chi connectivity index (χ1n) is 5.60. The Hall–Kier alpha value is -1.28. The van der Waals surface area contributed by atoms with Crippen LogP contribution < -0.4 is 0 Å². The number of thiophene rings is 2. The summed E-state index contributed by atoms with van der Waals surface area (Å²) in [5.41, 5.74) is 1.98. The summed E-state index contributed by atoms with van der Waals surface area (Å²) in [6.45, 7) is 0. The number of carbonyl (C=O) groups is 1. The van der Waals surface area contributed by atoms with Gasteiger partial charge in [-0.3, -0.25) is 4.79 Å². The maximum Gasteiger partial charge on any atom is 0.286 e. The quantitative estimate of drug-likeness (QED) is 0.482. The van der Waals surface area contributed by atoms with E-state index in [1.165, 1.54) is 16.8 Å². The number of hydrogen-bond acceptors (Lipinski definition) is 6. The van der Waals surface area contributed by atoms with E-state index < -0.39 is 0 Å². The maximum atomic E-state index is 12.2. The average Bonchev–Trinajstić information content (AvgIpc) is 3.13. The fourth-order valence-electron chi connectivity index (χ4n) is 1.54. The number of nitrogens with zero attached hydrogens (tertiary/aromatic N) is 2. The fraction of sp³-hybridized carbons (Fsp3) is 0. The molecule has 0 saturated carbocycles. The van der Waals surface area contributed by atoms with Crippen LogP contribution in [0, 0.1) is 0 Å². The fourth-order valence-corrected chi connectivity index (χ4v) is 3.94. The molecular formula is C13H8N2OS4. The van der Waals surface area contributed by atoms with E-state index in [-0.39, 0.29) is 5.91 Å². The lowest BCUT2D eigenvalue weighted by Crippen LogP contribution is -2.21. The molecule has 0 aliphatic carbocycles. The molecule has 1 aliphatic rings. The number of thiocarbonyl (C=S) groups is 1. The summed E-state index contributed by atoms with van der Waals surface area (Å²) in [4.78, 5) is 12.9. The first kappa shape index (κ1) is 13.7. The zero-order chi connectivity index (χ0) is 13.9. The molecule has 0 N–H and O–H groups in total. The molecule has 2 aromatic rings. The van der Waals surface area contributed by atoms with Crippen LogP contribution in [0.15, 0.2) is 43.7 Å². The number of carbonyl (C=O) groups excluding carboxylic acids is 1. The normalized spacial score (nSPS) is 17.8. The van der Waals surface area contributed by atoms with Gasteiger partial charge in [0, 0.05) is 5.56 Å². The van der Waals surface area contributed by atoms with Gasteiger partial charge < -0.3 is 0 Å². The van der Waals surface area contributed by atoms with Crippen LogP contribution in [-0.2, 0) is 4.79 Å². The van der Waals surface area contributed by atoms with Gasteiger partial charge in [0.1, 0.15) is 0 Å². The van der Waals surface area contributed by atoms with Gasteiger partial charge >= 0.3 is 0 Å². The van der Waals surface area contributed by atoms with Gasteiger partial charge in [-0.15, -0.1) is 0 Å². The lowest BCUT2D eigenvalue weighted by molar-refractivity contribution is -0.122. The van der Waals surface area contributed by atoms with Crippen molar-refractivity contribution in [1.29, 1.82) is 0 Å². The van der Waals surface area contributed by atoms with Crippen LogP contribution in [0.4, 0.5) is 0 Å². The Labute approximate surface area is 133 Å². The predicted octanol–water partition coefficient (Wildman–Crippen LogP) is 4.04. The van der Waals surface area contributed by atoms with Crippen molar-refractivity contribution >= 4 is 69.2 Å². The van der Waals surface area contributed by atoms with Crippen molar-refractivity contribution < 1.29 is 4.79 Å². The third kappa shape index (κ3) is 2.90. The van der Waals surface area contributed by atoms with Gasteiger partial charge in [0.15, 0.2) is 4.32 Å². The molecule has 3 rings (SSSR count). The van der Waals surface area contributed by atoms with Crippen molar-refractivity contribution in [2.75, 3.05) is 0 Å². The molecule has 100 valence electrons. The lowest BCUT2D eigenvalue weighted by Gasteiger charge is -2.05. The van der Waals surface area contributed by atoms with Gasteiger partial charge in [-0.1, -0.05) is 11.8 Å². The summed E-state index contributed by atoms with van der Waals surface area (Å²) in [6.07, 6.45) is 3.49. The molecule has 20 heavy (non-hydrogen) atoms. The molecule has 0 spiro atoms. The third-order valence-corrected chi connectivity index (χ3v) is 5.17. The lowest BCUT2D eigenvalue weighted by atomic mass is 10.3. The number of rotatable bonds is 3. The summed E-state index contributed by atoms with van der Waals surface area (Å²) >= 11 is 9.66. The van der Waals surface area contributed by atoms with E-state index in [4.69, 9.17) is 12.2 Å². The van der Waals surface area contributed by atoms with Gasteiger partial charge in [-0.2, -0.15) is 32.8 Å². The molecule has 1 fully saturated rings. The average molecular weight is 336 g/mol. The van der Waals surface area contributed by atoms with Crippen molar-refractivity contribution in [2.45, 2.75) is 0 Å². The molecule has 3 nitrogen and oxygen atoms in total. The summed E-state index contributed by atoms with van der Waals surface area (Å²) in [5.74, 6) is -0.169. The SMILES string of the molecule is O=C1/C(=C/c2ccsc2)SC(=S)N1/N=C\c1ccsc1. The standard InChI is InChI=1S/C13H8N2OS4/c16-12-11(5-9-1-3-18-7-9)20-13(17)15(12)14-6-10-2-4-19-8-10/h1-8H/b11-5-,14-6-. The van der Waals surface area contributed by atoms with Gasteiger partial charge in [0.2, 0.25) is 0 Å². The zero-order valence-corrected chi connectivity index (χ0v) is 13.3. The molecule has 1 aliphatic heterocycles. The molecule has 0 radical (unpaired) electrons. The van der Waals surface area contributed by atoms with Crippen molar-refractivity contribution in [3.05, 3.63) is 49.7 Å². The van der Waals surface area contributed by atoms with Gasteiger partial charge in [0.25, 0.3) is 5.91 Å².